The Balaban J connectivity index is 2.37. The summed E-state index contributed by atoms with van der Waals surface area (Å²) in [6.07, 6.45) is 0. The molecule has 2 rings (SSSR count). The number of aryl methyl sites for hydroxylation is 1. The maximum absolute atomic E-state index is 12.8. The molecule has 1 atom stereocenters. The number of sulfonamides is 1. The molecule has 0 aliphatic heterocycles. The van der Waals surface area contributed by atoms with Gasteiger partial charge in [-0.2, -0.15) is 4.72 Å². The average molecular weight is 346 g/mol. The number of benzene rings is 2. The number of carbonyl (C=O) groups excluding carboxylic acids is 1. The molecule has 0 aliphatic rings. The molecule has 128 valence electrons. The van der Waals surface area contributed by atoms with Crippen LogP contribution in [0, 0.1) is 6.92 Å². The van der Waals surface area contributed by atoms with Gasteiger partial charge in [0.1, 0.15) is 0 Å². The standard InChI is InChI=1S/C18H22N2O3S/c1-14-9-11-17(12-10-14)24(22,23)20-18(3,13-19-15(2)21)16-7-5-4-6-8-16/h4-12,20H,13H2,1-3H3,(H,19,21)/t18-/m1/s1. The zero-order chi connectivity index (χ0) is 17.8. The zero-order valence-corrected chi connectivity index (χ0v) is 14.9. The molecule has 0 fully saturated rings. The Bertz CT molecular complexity index is 802. The van der Waals surface area contributed by atoms with E-state index < -0.39 is 15.6 Å². The largest absolute Gasteiger partial charge is 0.354 e. The first-order valence-electron chi connectivity index (χ1n) is 7.63. The lowest BCUT2D eigenvalue weighted by molar-refractivity contribution is -0.119. The lowest BCUT2D eigenvalue weighted by atomic mass is 9.93. The van der Waals surface area contributed by atoms with Gasteiger partial charge >= 0.3 is 0 Å². The van der Waals surface area contributed by atoms with E-state index in [4.69, 9.17) is 0 Å². The van der Waals surface area contributed by atoms with Crippen LogP contribution in [-0.2, 0) is 20.4 Å². The number of hydrogen-bond donors (Lipinski definition) is 2. The van der Waals surface area contributed by atoms with Gasteiger partial charge in [-0.25, -0.2) is 8.42 Å². The molecule has 0 bridgehead atoms. The number of rotatable bonds is 6. The molecule has 0 saturated carbocycles. The summed E-state index contributed by atoms with van der Waals surface area (Å²) in [5.41, 5.74) is 0.795. The second kappa shape index (κ2) is 7.15. The van der Waals surface area contributed by atoms with Crippen LogP contribution in [0.4, 0.5) is 0 Å². The fraction of sp³-hybridized carbons (Fsp3) is 0.278. The third-order valence-corrected chi connectivity index (χ3v) is 5.40. The maximum atomic E-state index is 12.8. The monoisotopic (exact) mass is 346 g/mol. The quantitative estimate of drug-likeness (QED) is 0.843. The van der Waals surface area contributed by atoms with E-state index in [1.807, 2.05) is 37.3 Å². The van der Waals surface area contributed by atoms with Crippen LogP contribution in [0.25, 0.3) is 0 Å². The molecule has 2 aromatic rings. The van der Waals surface area contributed by atoms with Crippen LogP contribution < -0.4 is 10.0 Å². The highest BCUT2D eigenvalue weighted by molar-refractivity contribution is 7.89. The van der Waals surface area contributed by atoms with E-state index in [1.165, 1.54) is 6.92 Å². The first-order valence-corrected chi connectivity index (χ1v) is 9.12. The van der Waals surface area contributed by atoms with Crippen LogP contribution in [0.1, 0.15) is 25.0 Å². The van der Waals surface area contributed by atoms with Crippen molar-refractivity contribution in [1.29, 1.82) is 0 Å². The number of hydrogen-bond acceptors (Lipinski definition) is 3. The van der Waals surface area contributed by atoms with Gasteiger partial charge in [0.05, 0.1) is 10.4 Å². The topological polar surface area (TPSA) is 75.3 Å². The molecule has 0 spiro atoms. The van der Waals surface area contributed by atoms with Crippen molar-refractivity contribution in [3.05, 3.63) is 65.7 Å². The highest BCUT2D eigenvalue weighted by atomic mass is 32.2. The van der Waals surface area contributed by atoms with Crippen LogP contribution in [0.5, 0.6) is 0 Å². The van der Waals surface area contributed by atoms with Gasteiger partial charge in [0.15, 0.2) is 0 Å². The van der Waals surface area contributed by atoms with Crippen LogP contribution in [0.3, 0.4) is 0 Å². The molecule has 0 unspecified atom stereocenters. The van der Waals surface area contributed by atoms with Crippen molar-refractivity contribution in [1.82, 2.24) is 10.0 Å². The number of amides is 1. The Morgan fingerprint density at radius 1 is 1.04 bits per heavy atom. The van der Waals surface area contributed by atoms with Crippen molar-refractivity contribution >= 4 is 15.9 Å². The summed E-state index contributed by atoms with van der Waals surface area (Å²) in [6.45, 7) is 5.20. The van der Waals surface area contributed by atoms with Gasteiger partial charge in [-0.1, -0.05) is 48.0 Å². The number of carbonyl (C=O) groups is 1. The Morgan fingerprint density at radius 3 is 2.17 bits per heavy atom. The Labute approximate surface area is 143 Å². The predicted octanol–water partition coefficient (Wildman–Crippen LogP) is 2.32. The third-order valence-electron chi connectivity index (χ3n) is 3.79. The average Bonchev–Trinajstić information content (AvgIpc) is 2.54. The van der Waals surface area contributed by atoms with Gasteiger partial charge in [-0.05, 0) is 31.5 Å². The lowest BCUT2D eigenvalue weighted by Crippen LogP contribution is -2.50. The lowest BCUT2D eigenvalue weighted by Gasteiger charge is -2.31. The summed E-state index contributed by atoms with van der Waals surface area (Å²) in [5, 5.41) is 2.70. The highest BCUT2D eigenvalue weighted by Crippen LogP contribution is 2.23. The maximum Gasteiger partial charge on any atom is 0.241 e. The van der Waals surface area contributed by atoms with E-state index in [1.54, 1.807) is 31.2 Å². The van der Waals surface area contributed by atoms with E-state index in [0.717, 1.165) is 11.1 Å². The van der Waals surface area contributed by atoms with Gasteiger partial charge < -0.3 is 5.32 Å². The molecule has 0 radical (unpaired) electrons. The van der Waals surface area contributed by atoms with E-state index >= 15 is 0 Å². The summed E-state index contributed by atoms with van der Waals surface area (Å²) < 4.78 is 28.2. The molecule has 0 aromatic heterocycles. The molecule has 5 nitrogen and oxygen atoms in total. The fourth-order valence-electron chi connectivity index (χ4n) is 2.38. The van der Waals surface area contributed by atoms with Crippen LogP contribution in [0.2, 0.25) is 0 Å². The smallest absolute Gasteiger partial charge is 0.241 e. The Kier molecular flexibility index (Phi) is 5.41. The first kappa shape index (κ1) is 18.2. The third kappa shape index (κ3) is 4.43. The highest BCUT2D eigenvalue weighted by Gasteiger charge is 2.32. The SMILES string of the molecule is CC(=O)NC[C@@](C)(NS(=O)(=O)c1ccc(C)cc1)c1ccccc1. The van der Waals surface area contributed by atoms with Crippen molar-refractivity contribution in [3.63, 3.8) is 0 Å². The van der Waals surface area contributed by atoms with Gasteiger partial charge in [-0.3, -0.25) is 4.79 Å². The van der Waals surface area contributed by atoms with Crippen LogP contribution in [-0.4, -0.2) is 20.9 Å². The minimum Gasteiger partial charge on any atom is -0.354 e. The normalized spacial score (nSPS) is 14.0. The molecule has 1 amide bonds. The molecular formula is C18H22N2O3S. The minimum atomic E-state index is -3.73. The summed E-state index contributed by atoms with van der Waals surface area (Å²) in [5.74, 6) is -0.216. The summed E-state index contributed by atoms with van der Waals surface area (Å²) in [4.78, 5) is 11.5. The predicted molar refractivity (Wildman–Crippen MR) is 94.0 cm³/mol. The summed E-state index contributed by atoms with van der Waals surface area (Å²) in [7, 11) is -3.73. The molecule has 0 saturated heterocycles. The van der Waals surface area contributed by atoms with E-state index in [0.29, 0.717) is 0 Å². The Morgan fingerprint density at radius 2 is 1.62 bits per heavy atom. The molecular weight excluding hydrogens is 324 g/mol. The molecule has 2 aromatic carbocycles. The van der Waals surface area contributed by atoms with Crippen LogP contribution >= 0.6 is 0 Å². The fourth-order valence-corrected chi connectivity index (χ4v) is 3.77. The zero-order valence-electron chi connectivity index (χ0n) is 14.0. The van der Waals surface area contributed by atoms with Crippen molar-refractivity contribution in [2.45, 2.75) is 31.2 Å². The van der Waals surface area contributed by atoms with Gasteiger partial charge in [0.2, 0.25) is 15.9 Å². The second-order valence-corrected chi connectivity index (χ2v) is 7.71. The number of nitrogens with one attached hydrogen (secondary N) is 2. The molecule has 0 heterocycles. The van der Waals surface area contributed by atoms with Gasteiger partial charge in [0, 0.05) is 13.5 Å². The second-order valence-electron chi connectivity index (χ2n) is 6.03. The van der Waals surface area contributed by atoms with Crippen molar-refractivity contribution in [3.8, 4) is 0 Å². The van der Waals surface area contributed by atoms with Gasteiger partial charge in [0.25, 0.3) is 0 Å². The first-order chi connectivity index (χ1) is 11.2. The van der Waals surface area contributed by atoms with Crippen molar-refractivity contribution in [2.75, 3.05) is 6.54 Å². The van der Waals surface area contributed by atoms with Crippen molar-refractivity contribution in [2.24, 2.45) is 0 Å². The van der Waals surface area contributed by atoms with E-state index in [-0.39, 0.29) is 17.3 Å². The van der Waals surface area contributed by atoms with Crippen molar-refractivity contribution < 1.29 is 13.2 Å². The molecule has 6 heteroatoms. The molecule has 24 heavy (non-hydrogen) atoms. The summed E-state index contributed by atoms with van der Waals surface area (Å²) in [6, 6.07) is 15.8. The Hall–Kier alpha value is -2.18. The van der Waals surface area contributed by atoms with E-state index in [9.17, 15) is 13.2 Å². The minimum absolute atomic E-state index is 0.150. The van der Waals surface area contributed by atoms with Crippen LogP contribution in [0.15, 0.2) is 59.5 Å². The molecule has 2 N–H and O–H groups in total. The molecule has 0 aliphatic carbocycles. The van der Waals surface area contributed by atoms with Gasteiger partial charge in [-0.15, -0.1) is 0 Å². The van der Waals surface area contributed by atoms with E-state index in [2.05, 4.69) is 10.0 Å². The summed E-state index contributed by atoms with van der Waals surface area (Å²) >= 11 is 0.